The van der Waals surface area contributed by atoms with Crippen molar-refractivity contribution >= 4 is 27.5 Å². The number of hydrogen-bond donors (Lipinski definition) is 0. The van der Waals surface area contributed by atoms with Crippen LogP contribution in [0.5, 0.6) is 0 Å². The number of carbonyl (C=O) groups excluding carboxylic acids is 1. The summed E-state index contributed by atoms with van der Waals surface area (Å²) in [6.07, 6.45) is -0.0930. The molecule has 0 saturated carbocycles. The van der Waals surface area contributed by atoms with Crippen LogP contribution in [-0.4, -0.2) is 31.5 Å². The fourth-order valence-electron chi connectivity index (χ4n) is 2.72. The van der Waals surface area contributed by atoms with Gasteiger partial charge in [-0.25, -0.2) is 0 Å². The van der Waals surface area contributed by atoms with Crippen LogP contribution in [0.1, 0.15) is 17.5 Å². The predicted molar refractivity (Wildman–Crippen MR) is 77.9 cm³/mol. The molecule has 1 amide bonds. The predicted octanol–water partition coefficient (Wildman–Crippen LogP) is 1.86. The molecule has 1 aromatic carbocycles. The number of rotatable bonds is 4. The van der Waals surface area contributed by atoms with E-state index in [1.54, 1.807) is 19.9 Å². The number of aryl methyl sites for hydroxylation is 2. The Morgan fingerprint density at radius 2 is 2.00 bits per heavy atom. The van der Waals surface area contributed by atoms with Gasteiger partial charge in [0.25, 0.3) is 5.69 Å². The van der Waals surface area contributed by atoms with E-state index in [-0.39, 0.29) is 24.6 Å². The highest BCUT2D eigenvalue weighted by atomic mass is 32.3. The van der Waals surface area contributed by atoms with E-state index in [4.69, 9.17) is 0 Å². The third-order valence-electron chi connectivity index (χ3n) is 3.64. The molecule has 1 atom stereocenters. The molecule has 0 spiro atoms. The Kier molecular flexibility index (Phi) is 4.19. The lowest BCUT2D eigenvalue weighted by Crippen LogP contribution is -2.26. The van der Waals surface area contributed by atoms with E-state index >= 15 is 0 Å². The van der Waals surface area contributed by atoms with Crippen molar-refractivity contribution in [2.24, 2.45) is 5.92 Å². The molecule has 1 unspecified atom stereocenters. The van der Waals surface area contributed by atoms with Gasteiger partial charge < -0.3 is 4.90 Å². The van der Waals surface area contributed by atoms with Gasteiger partial charge in [0, 0.05) is 30.5 Å². The van der Waals surface area contributed by atoms with Crippen molar-refractivity contribution in [1.29, 1.82) is 0 Å². The summed E-state index contributed by atoms with van der Waals surface area (Å²) in [7, 11) is -4.66. The number of halogens is 1. The maximum atomic E-state index is 12.8. The van der Waals surface area contributed by atoms with Crippen molar-refractivity contribution in [1.82, 2.24) is 0 Å². The molecule has 2 rings (SSSR count). The number of carbonyl (C=O) groups is 1. The van der Waals surface area contributed by atoms with Crippen LogP contribution < -0.4 is 4.90 Å². The van der Waals surface area contributed by atoms with E-state index in [1.165, 1.54) is 11.0 Å². The number of benzene rings is 1. The van der Waals surface area contributed by atoms with Crippen molar-refractivity contribution in [2.75, 3.05) is 17.2 Å². The van der Waals surface area contributed by atoms with Gasteiger partial charge in [-0.2, -0.15) is 8.42 Å². The Balaban J connectivity index is 2.34. The van der Waals surface area contributed by atoms with Crippen LogP contribution in [0.3, 0.4) is 0 Å². The molecule has 1 aliphatic heterocycles. The zero-order valence-corrected chi connectivity index (χ0v) is 12.9. The molecular formula is C13H15FN2O5S. The molecular weight excluding hydrogens is 315 g/mol. The number of amides is 1. The van der Waals surface area contributed by atoms with Crippen molar-refractivity contribution in [3.8, 4) is 0 Å². The molecule has 22 heavy (non-hydrogen) atoms. The quantitative estimate of drug-likeness (QED) is 0.477. The van der Waals surface area contributed by atoms with Crippen LogP contribution in [0, 0.1) is 29.9 Å². The third kappa shape index (κ3) is 3.41. The van der Waals surface area contributed by atoms with Crippen LogP contribution in [0.25, 0.3) is 0 Å². The van der Waals surface area contributed by atoms with Crippen molar-refractivity contribution in [3.05, 3.63) is 33.4 Å². The van der Waals surface area contributed by atoms with E-state index in [0.717, 1.165) is 0 Å². The van der Waals surface area contributed by atoms with Crippen molar-refractivity contribution in [3.63, 3.8) is 0 Å². The van der Waals surface area contributed by atoms with Crippen LogP contribution in [0.15, 0.2) is 12.1 Å². The average molecular weight is 330 g/mol. The van der Waals surface area contributed by atoms with Gasteiger partial charge in [0.05, 0.1) is 16.4 Å². The number of hydrogen-bond acceptors (Lipinski definition) is 5. The highest BCUT2D eigenvalue weighted by Crippen LogP contribution is 2.33. The minimum absolute atomic E-state index is 0.0308. The monoisotopic (exact) mass is 330 g/mol. The van der Waals surface area contributed by atoms with Gasteiger partial charge in [0.2, 0.25) is 5.91 Å². The first kappa shape index (κ1) is 16.3. The summed E-state index contributed by atoms with van der Waals surface area (Å²) in [4.78, 5) is 23.8. The molecule has 0 radical (unpaired) electrons. The molecule has 0 aromatic heterocycles. The van der Waals surface area contributed by atoms with E-state index in [2.05, 4.69) is 0 Å². The molecule has 1 heterocycles. The second-order valence-corrected chi connectivity index (χ2v) is 6.87. The van der Waals surface area contributed by atoms with E-state index in [0.29, 0.717) is 16.8 Å². The molecule has 1 saturated heterocycles. The molecule has 7 nitrogen and oxygen atoms in total. The van der Waals surface area contributed by atoms with E-state index in [9.17, 15) is 27.2 Å². The fourth-order valence-corrected chi connectivity index (χ4v) is 3.51. The van der Waals surface area contributed by atoms with Gasteiger partial charge >= 0.3 is 10.2 Å². The largest absolute Gasteiger partial charge is 0.312 e. The summed E-state index contributed by atoms with van der Waals surface area (Å²) in [5.74, 6) is -1.74. The summed E-state index contributed by atoms with van der Waals surface area (Å²) >= 11 is 0. The first-order valence-electron chi connectivity index (χ1n) is 6.57. The molecule has 0 N–H and O–H groups in total. The molecule has 9 heteroatoms. The average Bonchev–Trinajstić information content (AvgIpc) is 2.67. The van der Waals surface area contributed by atoms with Crippen molar-refractivity contribution in [2.45, 2.75) is 20.3 Å². The summed E-state index contributed by atoms with van der Waals surface area (Å²) in [6.45, 7) is 3.33. The topological polar surface area (TPSA) is 97.6 Å². The first-order valence-corrected chi connectivity index (χ1v) is 8.12. The second kappa shape index (κ2) is 5.64. The smallest absolute Gasteiger partial charge is 0.302 e. The summed E-state index contributed by atoms with van der Waals surface area (Å²) < 4.78 is 34.2. The Bertz CT molecular complexity index is 747. The lowest BCUT2D eigenvalue weighted by Gasteiger charge is -2.19. The molecule has 120 valence electrons. The minimum Gasteiger partial charge on any atom is -0.312 e. The lowest BCUT2D eigenvalue weighted by molar-refractivity contribution is -0.385. The lowest BCUT2D eigenvalue weighted by atomic mass is 10.1. The molecule has 1 fully saturated rings. The molecule has 1 aromatic rings. The highest BCUT2D eigenvalue weighted by molar-refractivity contribution is 7.86. The summed E-state index contributed by atoms with van der Waals surface area (Å²) in [5.41, 5.74) is 1.39. The molecule has 0 aliphatic carbocycles. The number of anilines is 1. The summed E-state index contributed by atoms with van der Waals surface area (Å²) in [6, 6.07) is 2.90. The van der Waals surface area contributed by atoms with Crippen LogP contribution in [0.2, 0.25) is 0 Å². The zero-order valence-electron chi connectivity index (χ0n) is 12.1. The van der Waals surface area contributed by atoms with Gasteiger partial charge in [-0.1, -0.05) is 0 Å². The van der Waals surface area contributed by atoms with Crippen LogP contribution in [0.4, 0.5) is 15.3 Å². The van der Waals surface area contributed by atoms with E-state index < -0.39 is 26.8 Å². The first-order chi connectivity index (χ1) is 10.1. The Morgan fingerprint density at radius 1 is 1.36 bits per heavy atom. The number of nitro groups is 1. The summed E-state index contributed by atoms with van der Waals surface area (Å²) in [5, 5.41) is 11.0. The van der Waals surface area contributed by atoms with Crippen LogP contribution in [-0.2, 0) is 15.0 Å². The van der Waals surface area contributed by atoms with Gasteiger partial charge in [-0.05, 0) is 25.5 Å². The second-order valence-electron chi connectivity index (χ2n) is 5.46. The Morgan fingerprint density at radius 3 is 2.55 bits per heavy atom. The molecule has 0 bridgehead atoms. The highest BCUT2D eigenvalue weighted by Gasteiger charge is 2.35. The van der Waals surface area contributed by atoms with Gasteiger partial charge in [0.1, 0.15) is 0 Å². The van der Waals surface area contributed by atoms with Crippen LogP contribution >= 0.6 is 0 Å². The third-order valence-corrected chi connectivity index (χ3v) is 4.51. The fraction of sp³-hybridized carbons (Fsp3) is 0.462. The Hall–Kier alpha value is -2.03. The van der Waals surface area contributed by atoms with Gasteiger partial charge in [-0.15, -0.1) is 3.89 Å². The number of nitro benzene ring substituents is 1. The van der Waals surface area contributed by atoms with Gasteiger partial charge in [0.15, 0.2) is 0 Å². The SMILES string of the molecule is Cc1cc(C)c([N+](=O)[O-])cc1N1CC(CS(=O)(=O)F)CC1=O. The van der Waals surface area contributed by atoms with Crippen molar-refractivity contribution < 1.29 is 22.0 Å². The maximum absolute atomic E-state index is 12.8. The zero-order chi connectivity index (χ0) is 16.7. The number of nitrogens with zero attached hydrogens (tertiary/aromatic N) is 2. The van der Waals surface area contributed by atoms with Gasteiger partial charge in [-0.3, -0.25) is 14.9 Å². The Labute approximate surface area is 127 Å². The normalized spacial score (nSPS) is 18.8. The maximum Gasteiger partial charge on any atom is 0.302 e. The van der Waals surface area contributed by atoms with E-state index in [1.807, 2.05) is 0 Å². The minimum atomic E-state index is -4.66. The standard InChI is InChI=1S/C13H15FN2O5S/c1-8-3-9(2)12(16(18)19)5-11(8)15-6-10(4-13(15)17)7-22(14,20)21/h3,5,10H,4,6-7H2,1-2H3. The molecule has 1 aliphatic rings.